The summed E-state index contributed by atoms with van der Waals surface area (Å²) in [5.41, 5.74) is 3.75. The van der Waals surface area contributed by atoms with E-state index in [2.05, 4.69) is 15.6 Å². The molecule has 2 N–H and O–H groups in total. The summed E-state index contributed by atoms with van der Waals surface area (Å²) in [5.74, 6) is 0.628. The minimum atomic E-state index is -0.0941. The van der Waals surface area contributed by atoms with Gasteiger partial charge < -0.3 is 10.6 Å². The maximum atomic E-state index is 12.1. The number of halogens is 1. The van der Waals surface area contributed by atoms with E-state index in [0.29, 0.717) is 17.1 Å². The first-order valence-electron chi connectivity index (χ1n) is 7.92. The molecular formula is C20H18ClN3O. The Balaban J connectivity index is 1.57. The summed E-state index contributed by atoms with van der Waals surface area (Å²) >= 11 is 5.84. The summed E-state index contributed by atoms with van der Waals surface area (Å²) in [6.07, 6.45) is 1.93. The third-order valence-corrected chi connectivity index (χ3v) is 3.90. The SMILES string of the molecule is Cc1ccc(Nc2ccc(NC(=O)Cc3ccc(Cl)cc3)cn2)cc1. The molecule has 0 aliphatic rings. The standard InChI is InChI=1S/C20H18ClN3O/c1-14-2-8-17(9-3-14)23-19-11-10-18(13-22-19)24-20(25)12-15-4-6-16(21)7-5-15/h2-11,13H,12H2,1H3,(H,22,23)(H,24,25). The lowest BCUT2D eigenvalue weighted by atomic mass is 10.1. The summed E-state index contributed by atoms with van der Waals surface area (Å²) in [7, 11) is 0. The average molecular weight is 352 g/mol. The monoisotopic (exact) mass is 351 g/mol. The quantitative estimate of drug-likeness (QED) is 0.682. The maximum Gasteiger partial charge on any atom is 0.228 e. The van der Waals surface area contributed by atoms with Crippen LogP contribution in [0.2, 0.25) is 5.02 Å². The van der Waals surface area contributed by atoms with Crippen molar-refractivity contribution in [1.82, 2.24) is 4.98 Å². The molecule has 0 fully saturated rings. The van der Waals surface area contributed by atoms with Crippen molar-refractivity contribution in [3.63, 3.8) is 0 Å². The minimum Gasteiger partial charge on any atom is -0.340 e. The molecule has 25 heavy (non-hydrogen) atoms. The van der Waals surface area contributed by atoms with E-state index >= 15 is 0 Å². The Hall–Kier alpha value is -2.85. The molecule has 0 aliphatic heterocycles. The van der Waals surface area contributed by atoms with E-state index in [-0.39, 0.29) is 5.91 Å². The molecule has 0 saturated heterocycles. The van der Waals surface area contributed by atoms with Crippen LogP contribution in [0.1, 0.15) is 11.1 Å². The molecule has 0 aliphatic carbocycles. The highest BCUT2D eigenvalue weighted by Gasteiger charge is 2.05. The van der Waals surface area contributed by atoms with Crippen LogP contribution in [0, 0.1) is 6.92 Å². The van der Waals surface area contributed by atoms with Gasteiger partial charge in [-0.2, -0.15) is 0 Å². The second-order valence-electron chi connectivity index (χ2n) is 5.77. The molecule has 0 radical (unpaired) electrons. The van der Waals surface area contributed by atoms with Crippen molar-refractivity contribution in [2.75, 3.05) is 10.6 Å². The predicted molar refractivity (Wildman–Crippen MR) is 102 cm³/mol. The Morgan fingerprint density at radius 2 is 1.64 bits per heavy atom. The van der Waals surface area contributed by atoms with Crippen molar-refractivity contribution in [2.45, 2.75) is 13.3 Å². The third-order valence-electron chi connectivity index (χ3n) is 3.65. The van der Waals surface area contributed by atoms with Crippen molar-refractivity contribution in [3.05, 3.63) is 83.0 Å². The fraction of sp³-hybridized carbons (Fsp3) is 0.100. The molecule has 126 valence electrons. The first-order valence-corrected chi connectivity index (χ1v) is 8.30. The summed E-state index contributed by atoms with van der Waals surface area (Å²) in [5, 5.41) is 6.72. The molecule has 0 atom stereocenters. The fourth-order valence-corrected chi connectivity index (χ4v) is 2.45. The molecule has 5 heteroatoms. The van der Waals surface area contributed by atoms with Crippen LogP contribution in [0.25, 0.3) is 0 Å². The number of nitrogens with one attached hydrogen (secondary N) is 2. The molecule has 3 rings (SSSR count). The number of pyridine rings is 1. The maximum absolute atomic E-state index is 12.1. The zero-order valence-electron chi connectivity index (χ0n) is 13.8. The van der Waals surface area contributed by atoms with Gasteiger partial charge in [-0.3, -0.25) is 4.79 Å². The Kier molecular flexibility index (Phi) is 5.31. The summed E-state index contributed by atoms with van der Waals surface area (Å²) in [6.45, 7) is 2.05. The van der Waals surface area contributed by atoms with Crippen LogP contribution < -0.4 is 10.6 Å². The average Bonchev–Trinajstić information content (AvgIpc) is 2.61. The number of anilines is 3. The number of benzene rings is 2. The minimum absolute atomic E-state index is 0.0941. The Morgan fingerprint density at radius 3 is 2.28 bits per heavy atom. The molecule has 1 aromatic heterocycles. The van der Waals surface area contributed by atoms with E-state index in [1.807, 2.05) is 55.5 Å². The summed E-state index contributed by atoms with van der Waals surface area (Å²) in [4.78, 5) is 16.4. The third kappa shape index (κ3) is 5.06. The highest BCUT2D eigenvalue weighted by Crippen LogP contribution is 2.17. The van der Waals surface area contributed by atoms with Crippen LogP contribution in [0.4, 0.5) is 17.2 Å². The van der Waals surface area contributed by atoms with Crippen LogP contribution in [-0.4, -0.2) is 10.9 Å². The second-order valence-corrected chi connectivity index (χ2v) is 6.21. The molecule has 3 aromatic rings. The number of rotatable bonds is 5. The molecule has 0 saturated carbocycles. The van der Waals surface area contributed by atoms with Gasteiger partial charge in [0.1, 0.15) is 5.82 Å². The van der Waals surface area contributed by atoms with Crippen LogP contribution >= 0.6 is 11.6 Å². The number of amides is 1. The zero-order valence-corrected chi connectivity index (χ0v) is 14.5. The smallest absolute Gasteiger partial charge is 0.228 e. The predicted octanol–water partition coefficient (Wildman–Crippen LogP) is 4.97. The zero-order chi connectivity index (χ0) is 17.6. The molecule has 1 heterocycles. The van der Waals surface area contributed by atoms with Gasteiger partial charge in [0.05, 0.1) is 18.3 Å². The molecular weight excluding hydrogens is 334 g/mol. The van der Waals surface area contributed by atoms with E-state index in [1.54, 1.807) is 18.3 Å². The van der Waals surface area contributed by atoms with Crippen molar-refractivity contribution in [1.29, 1.82) is 0 Å². The van der Waals surface area contributed by atoms with Gasteiger partial charge in [0.2, 0.25) is 5.91 Å². The highest BCUT2D eigenvalue weighted by atomic mass is 35.5. The summed E-state index contributed by atoms with van der Waals surface area (Å²) in [6, 6.07) is 19.0. The lowest BCUT2D eigenvalue weighted by molar-refractivity contribution is -0.115. The number of carbonyl (C=O) groups excluding carboxylic acids is 1. The number of nitrogens with zero attached hydrogens (tertiary/aromatic N) is 1. The highest BCUT2D eigenvalue weighted by molar-refractivity contribution is 6.30. The molecule has 0 unspecified atom stereocenters. The van der Waals surface area contributed by atoms with E-state index in [1.165, 1.54) is 5.56 Å². The van der Waals surface area contributed by atoms with Gasteiger partial charge in [-0.15, -0.1) is 0 Å². The normalized spacial score (nSPS) is 10.3. The van der Waals surface area contributed by atoms with Gasteiger partial charge in [0.15, 0.2) is 0 Å². The Labute approximate surface area is 151 Å². The van der Waals surface area contributed by atoms with Crippen molar-refractivity contribution >= 4 is 34.7 Å². The van der Waals surface area contributed by atoms with E-state index in [9.17, 15) is 4.79 Å². The van der Waals surface area contributed by atoms with Crippen LogP contribution in [-0.2, 0) is 11.2 Å². The number of aryl methyl sites for hydroxylation is 1. The number of hydrogen-bond acceptors (Lipinski definition) is 3. The molecule has 0 spiro atoms. The van der Waals surface area contributed by atoms with Crippen LogP contribution in [0.15, 0.2) is 66.9 Å². The topological polar surface area (TPSA) is 54.0 Å². The van der Waals surface area contributed by atoms with E-state index in [0.717, 1.165) is 17.1 Å². The van der Waals surface area contributed by atoms with Gasteiger partial charge in [-0.1, -0.05) is 41.4 Å². The lowest BCUT2D eigenvalue weighted by Crippen LogP contribution is -2.14. The molecule has 2 aromatic carbocycles. The Morgan fingerprint density at radius 1 is 0.960 bits per heavy atom. The van der Waals surface area contributed by atoms with Crippen LogP contribution in [0.3, 0.4) is 0 Å². The second kappa shape index (κ2) is 7.81. The summed E-state index contributed by atoms with van der Waals surface area (Å²) < 4.78 is 0. The molecule has 1 amide bonds. The molecule has 4 nitrogen and oxygen atoms in total. The number of hydrogen-bond donors (Lipinski definition) is 2. The first kappa shape index (κ1) is 17.0. The number of aromatic nitrogens is 1. The van der Waals surface area contributed by atoms with E-state index < -0.39 is 0 Å². The van der Waals surface area contributed by atoms with Gasteiger partial charge in [-0.05, 0) is 48.9 Å². The van der Waals surface area contributed by atoms with Gasteiger partial charge in [0.25, 0.3) is 0 Å². The Bertz CT molecular complexity index is 844. The van der Waals surface area contributed by atoms with Crippen molar-refractivity contribution in [2.24, 2.45) is 0 Å². The van der Waals surface area contributed by atoms with Crippen molar-refractivity contribution < 1.29 is 4.79 Å². The largest absolute Gasteiger partial charge is 0.340 e. The van der Waals surface area contributed by atoms with E-state index in [4.69, 9.17) is 11.6 Å². The van der Waals surface area contributed by atoms with Gasteiger partial charge in [-0.25, -0.2) is 4.98 Å². The molecule has 0 bridgehead atoms. The number of carbonyl (C=O) groups is 1. The first-order chi connectivity index (χ1) is 12.1. The van der Waals surface area contributed by atoms with Gasteiger partial charge in [0, 0.05) is 10.7 Å². The fourth-order valence-electron chi connectivity index (χ4n) is 2.32. The van der Waals surface area contributed by atoms with Gasteiger partial charge >= 0.3 is 0 Å². The lowest BCUT2D eigenvalue weighted by Gasteiger charge is -2.08. The van der Waals surface area contributed by atoms with Crippen molar-refractivity contribution in [3.8, 4) is 0 Å². The van der Waals surface area contributed by atoms with Crippen LogP contribution in [0.5, 0.6) is 0 Å².